The Bertz CT molecular complexity index is 847. The molecule has 0 aliphatic carbocycles. The SMILES string of the molecule is NCCCN1C(=O)C(=O)/C(=C(/O)c2ccc(Cl)cc2)C1c1ccccc1. The van der Waals surface area contributed by atoms with Gasteiger partial charge in [-0.05, 0) is 42.8 Å². The number of amides is 1. The number of Topliss-reactive ketones (excluding diaryl/α,β-unsaturated/α-hetero) is 1. The van der Waals surface area contributed by atoms with Crippen LogP contribution in [0.3, 0.4) is 0 Å². The Labute approximate surface area is 156 Å². The summed E-state index contributed by atoms with van der Waals surface area (Å²) < 4.78 is 0. The van der Waals surface area contributed by atoms with Crippen LogP contribution in [0, 0.1) is 0 Å². The van der Waals surface area contributed by atoms with Gasteiger partial charge in [-0.1, -0.05) is 41.9 Å². The van der Waals surface area contributed by atoms with E-state index in [0.29, 0.717) is 30.1 Å². The molecule has 1 fully saturated rings. The maximum absolute atomic E-state index is 12.7. The van der Waals surface area contributed by atoms with Gasteiger partial charge in [-0.25, -0.2) is 0 Å². The number of carbonyl (C=O) groups excluding carboxylic acids is 2. The maximum atomic E-state index is 12.7. The van der Waals surface area contributed by atoms with Gasteiger partial charge in [-0.2, -0.15) is 0 Å². The van der Waals surface area contributed by atoms with Gasteiger partial charge in [-0.15, -0.1) is 0 Å². The van der Waals surface area contributed by atoms with Crippen molar-refractivity contribution in [3.63, 3.8) is 0 Å². The van der Waals surface area contributed by atoms with E-state index in [2.05, 4.69) is 0 Å². The molecule has 1 heterocycles. The zero-order chi connectivity index (χ0) is 18.7. The summed E-state index contributed by atoms with van der Waals surface area (Å²) in [5.41, 5.74) is 6.86. The lowest BCUT2D eigenvalue weighted by Gasteiger charge is -2.25. The fraction of sp³-hybridized carbons (Fsp3) is 0.200. The van der Waals surface area contributed by atoms with Crippen molar-refractivity contribution in [1.82, 2.24) is 4.90 Å². The monoisotopic (exact) mass is 370 g/mol. The number of aliphatic hydroxyl groups excluding tert-OH is 1. The lowest BCUT2D eigenvalue weighted by Crippen LogP contribution is -2.31. The number of nitrogens with two attached hydrogens (primary N) is 1. The van der Waals surface area contributed by atoms with Crippen LogP contribution >= 0.6 is 11.6 Å². The number of ketones is 1. The summed E-state index contributed by atoms with van der Waals surface area (Å²) in [6, 6.07) is 15.0. The van der Waals surface area contributed by atoms with Crippen molar-refractivity contribution >= 4 is 29.1 Å². The Morgan fingerprint density at radius 3 is 2.35 bits per heavy atom. The maximum Gasteiger partial charge on any atom is 0.295 e. The predicted molar refractivity (Wildman–Crippen MR) is 101 cm³/mol. The lowest BCUT2D eigenvalue weighted by atomic mass is 9.95. The summed E-state index contributed by atoms with van der Waals surface area (Å²) in [4.78, 5) is 26.7. The molecule has 0 saturated carbocycles. The molecule has 26 heavy (non-hydrogen) atoms. The van der Waals surface area contributed by atoms with E-state index in [-0.39, 0.29) is 11.3 Å². The van der Waals surface area contributed by atoms with Crippen LogP contribution in [0.5, 0.6) is 0 Å². The summed E-state index contributed by atoms with van der Waals surface area (Å²) in [7, 11) is 0. The van der Waals surface area contributed by atoms with Gasteiger partial charge in [0.05, 0.1) is 11.6 Å². The first-order chi connectivity index (χ1) is 12.5. The number of aliphatic hydroxyl groups is 1. The van der Waals surface area contributed by atoms with Crippen LogP contribution in [0.25, 0.3) is 5.76 Å². The summed E-state index contributed by atoms with van der Waals surface area (Å²) in [5.74, 6) is -1.52. The second-order valence-electron chi connectivity index (χ2n) is 6.05. The molecule has 0 bridgehead atoms. The van der Waals surface area contributed by atoms with Crippen LogP contribution in [0.15, 0.2) is 60.2 Å². The zero-order valence-electron chi connectivity index (χ0n) is 14.1. The van der Waals surface area contributed by atoms with Crippen LogP contribution < -0.4 is 5.73 Å². The molecule has 6 heteroatoms. The second-order valence-corrected chi connectivity index (χ2v) is 6.49. The van der Waals surface area contributed by atoms with Gasteiger partial charge in [-0.3, -0.25) is 9.59 Å². The Morgan fingerprint density at radius 1 is 1.08 bits per heavy atom. The van der Waals surface area contributed by atoms with Gasteiger partial charge in [0, 0.05) is 17.1 Å². The van der Waals surface area contributed by atoms with Crippen molar-refractivity contribution in [1.29, 1.82) is 0 Å². The van der Waals surface area contributed by atoms with Gasteiger partial charge in [0.25, 0.3) is 11.7 Å². The largest absolute Gasteiger partial charge is 0.507 e. The lowest BCUT2D eigenvalue weighted by molar-refractivity contribution is -0.139. The molecular formula is C20H19ClN2O3. The molecule has 0 aromatic heterocycles. The number of rotatable bonds is 5. The number of benzene rings is 2. The highest BCUT2D eigenvalue weighted by atomic mass is 35.5. The topological polar surface area (TPSA) is 83.6 Å². The van der Waals surface area contributed by atoms with Crippen molar-refractivity contribution in [3.8, 4) is 0 Å². The molecule has 3 N–H and O–H groups in total. The van der Waals surface area contributed by atoms with Crippen LogP contribution in [-0.4, -0.2) is 34.8 Å². The molecule has 0 radical (unpaired) electrons. The number of likely N-dealkylation sites (tertiary alicyclic amines) is 1. The van der Waals surface area contributed by atoms with Crippen molar-refractivity contribution in [3.05, 3.63) is 76.3 Å². The summed E-state index contributed by atoms with van der Waals surface area (Å²) in [6.45, 7) is 0.750. The quantitative estimate of drug-likeness (QED) is 0.481. The third-order valence-electron chi connectivity index (χ3n) is 4.38. The smallest absolute Gasteiger partial charge is 0.295 e. The highest BCUT2D eigenvalue weighted by Crippen LogP contribution is 2.39. The summed E-state index contributed by atoms with van der Waals surface area (Å²) in [6.07, 6.45) is 0.567. The van der Waals surface area contributed by atoms with Gasteiger partial charge in [0.2, 0.25) is 0 Å². The van der Waals surface area contributed by atoms with E-state index in [9.17, 15) is 14.7 Å². The van der Waals surface area contributed by atoms with Crippen LogP contribution in [0.2, 0.25) is 5.02 Å². The standard InChI is InChI=1S/C20H19ClN2O3/c21-15-9-7-14(8-10-15)18(24)16-17(13-5-2-1-3-6-13)23(12-4-11-22)20(26)19(16)25/h1-3,5-10,17,24H,4,11-12,22H2/b18-16+. The molecule has 3 rings (SSSR count). The Balaban J connectivity index is 2.14. The predicted octanol–water partition coefficient (Wildman–Crippen LogP) is 3.11. The minimum absolute atomic E-state index is 0.0838. The second kappa shape index (κ2) is 7.72. The van der Waals surface area contributed by atoms with E-state index in [1.165, 1.54) is 4.90 Å². The normalized spacial score (nSPS) is 19.2. The molecule has 1 unspecified atom stereocenters. The van der Waals surface area contributed by atoms with E-state index >= 15 is 0 Å². The van der Waals surface area contributed by atoms with E-state index in [1.54, 1.807) is 24.3 Å². The van der Waals surface area contributed by atoms with Crippen molar-refractivity contribution in [2.24, 2.45) is 5.73 Å². The molecule has 1 aliphatic rings. The Kier molecular flexibility index (Phi) is 5.40. The fourth-order valence-electron chi connectivity index (χ4n) is 3.12. The van der Waals surface area contributed by atoms with Crippen LogP contribution in [-0.2, 0) is 9.59 Å². The number of halogens is 1. The number of hydrogen-bond acceptors (Lipinski definition) is 4. The molecular weight excluding hydrogens is 352 g/mol. The van der Waals surface area contributed by atoms with Gasteiger partial charge in [0.15, 0.2) is 0 Å². The first kappa shape index (κ1) is 18.2. The van der Waals surface area contributed by atoms with Crippen molar-refractivity contribution in [2.75, 3.05) is 13.1 Å². The molecule has 0 spiro atoms. The molecule has 2 aromatic carbocycles. The number of hydrogen-bond donors (Lipinski definition) is 2. The third-order valence-corrected chi connectivity index (χ3v) is 4.63. The molecule has 134 valence electrons. The van der Waals surface area contributed by atoms with E-state index in [4.69, 9.17) is 17.3 Å². The molecule has 1 saturated heterocycles. The molecule has 2 aromatic rings. The molecule has 1 amide bonds. The van der Waals surface area contributed by atoms with Crippen molar-refractivity contribution < 1.29 is 14.7 Å². The van der Waals surface area contributed by atoms with Crippen LogP contribution in [0.1, 0.15) is 23.6 Å². The zero-order valence-corrected chi connectivity index (χ0v) is 14.8. The fourth-order valence-corrected chi connectivity index (χ4v) is 3.24. The minimum atomic E-state index is -0.691. The van der Waals surface area contributed by atoms with E-state index in [1.807, 2.05) is 30.3 Å². The third kappa shape index (κ3) is 3.36. The average molecular weight is 371 g/mol. The Morgan fingerprint density at radius 2 is 1.73 bits per heavy atom. The minimum Gasteiger partial charge on any atom is -0.507 e. The molecule has 1 aliphatic heterocycles. The first-order valence-corrected chi connectivity index (χ1v) is 8.71. The first-order valence-electron chi connectivity index (χ1n) is 8.34. The highest BCUT2D eigenvalue weighted by Gasteiger charge is 2.45. The molecule has 5 nitrogen and oxygen atoms in total. The van der Waals surface area contributed by atoms with E-state index < -0.39 is 17.7 Å². The number of carbonyl (C=O) groups is 2. The van der Waals surface area contributed by atoms with E-state index in [0.717, 1.165) is 5.56 Å². The van der Waals surface area contributed by atoms with Gasteiger partial charge >= 0.3 is 0 Å². The summed E-state index contributed by atoms with van der Waals surface area (Å²) in [5, 5.41) is 11.3. The Hall–Kier alpha value is -2.63. The van der Waals surface area contributed by atoms with Crippen molar-refractivity contribution in [2.45, 2.75) is 12.5 Å². The van der Waals surface area contributed by atoms with Crippen LogP contribution in [0.4, 0.5) is 0 Å². The van der Waals surface area contributed by atoms with Gasteiger partial charge < -0.3 is 15.7 Å². The molecule has 1 atom stereocenters. The summed E-state index contributed by atoms with van der Waals surface area (Å²) >= 11 is 5.89. The number of nitrogens with zero attached hydrogens (tertiary/aromatic N) is 1. The van der Waals surface area contributed by atoms with Gasteiger partial charge in [0.1, 0.15) is 5.76 Å². The average Bonchev–Trinajstić information content (AvgIpc) is 2.91. The highest BCUT2D eigenvalue weighted by molar-refractivity contribution is 6.46.